The van der Waals surface area contributed by atoms with Crippen molar-refractivity contribution in [1.29, 1.82) is 0 Å². The molecule has 1 amide bonds. The predicted molar refractivity (Wildman–Crippen MR) is 127 cm³/mol. The van der Waals surface area contributed by atoms with Gasteiger partial charge in [-0.15, -0.1) is 5.92 Å². The lowest BCUT2D eigenvalue weighted by Gasteiger charge is -2.27. The molecule has 4 rings (SSSR count). The van der Waals surface area contributed by atoms with E-state index in [0.29, 0.717) is 35.0 Å². The monoisotopic (exact) mass is 448 g/mol. The summed E-state index contributed by atoms with van der Waals surface area (Å²) in [5.74, 6) is 6.78. The van der Waals surface area contributed by atoms with Crippen molar-refractivity contribution in [2.24, 2.45) is 7.05 Å². The average Bonchev–Trinajstić information content (AvgIpc) is 3.19. The van der Waals surface area contributed by atoms with Crippen LogP contribution in [-0.2, 0) is 13.6 Å². The van der Waals surface area contributed by atoms with Crippen LogP contribution in [0.15, 0.2) is 29.1 Å². The maximum absolute atomic E-state index is 13.4. The first-order chi connectivity index (χ1) is 15.9. The molecule has 9 heteroatoms. The number of carbonyl (C=O) groups is 1. The fourth-order valence-corrected chi connectivity index (χ4v) is 3.94. The van der Waals surface area contributed by atoms with Gasteiger partial charge in [-0.05, 0) is 38.3 Å². The third-order valence-electron chi connectivity index (χ3n) is 5.70. The standard InChI is InChI=1S/C24H28N6O3/c1-5-6-16-30-19-20(25-23(30)29-14-10-7-11-15-29)26-24(28(4)22(19)32)33-18-13-9-8-12-17(18)21(31)27(2)3/h8-9,12-13H,7,10-11,14-16H2,1-4H3. The number of carbonyl (C=O) groups excluding carboxylic acids is 1. The van der Waals surface area contributed by atoms with E-state index < -0.39 is 0 Å². The van der Waals surface area contributed by atoms with Gasteiger partial charge in [-0.3, -0.25) is 18.7 Å². The number of hydrogen-bond donors (Lipinski definition) is 0. The fraction of sp³-hybridized carbons (Fsp3) is 0.417. The van der Waals surface area contributed by atoms with Crippen LogP contribution in [0.3, 0.4) is 0 Å². The zero-order valence-corrected chi connectivity index (χ0v) is 19.5. The fourth-order valence-electron chi connectivity index (χ4n) is 3.94. The molecule has 1 aliphatic heterocycles. The van der Waals surface area contributed by atoms with E-state index in [0.717, 1.165) is 25.9 Å². The van der Waals surface area contributed by atoms with Gasteiger partial charge in [-0.25, -0.2) is 0 Å². The van der Waals surface area contributed by atoms with Gasteiger partial charge in [0.15, 0.2) is 11.2 Å². The van der Waals surface area contributed by atoms with Crippen molar-refractivity contribution in [3.8, 4) is 23.6 Å². The van der Waals surface area contributed by atoms with Crippen molar-refractivity contribution in [1.82, 2.24) is 24.0 Å². The number of para-hydroxylation sites is 1. The number of hydrogen-bond acceptors (Lipinski definition) is 6. The second-order valence-electron chi connectivity index (χ2n) is 8.20. The quantitative estimate of drug-likeness (QED) is 0.558. The highest BCUT2D eigenvalue weighted by atomic mass is 16.5. The second-order valence-corrected chi connectivity index (χ2v) is 8.20. The number of benzene rings is 1. The molecule has 0 bridgehead atoms. The molecule has 0 spiro atoms. The summed E-state index contributed by atoms with van der Waals surface area (Å²) in [4.78, 5) is 38.9. The zero-order valence-electron chi connectivity index (χ0n) is 19.5. The highest BCUT2D eigenvalue weighted by Crippen LogP contribution is 2.27. The summed E-state index contributed by atoms with van der Waals surface area (Å²) in [6.07, 6.45) is 3.35. The van der Waals surface area contributed by atoms with Gasteiger partial charge >= 0.3 is 6.01 Å². The lowest BCUT2D eigenvalue weighted by molar-refractivity contribution is 0.0825. The number of rotatable bonds is 5. The Morgan fingerprint density at radius 3 is 2.58 bits per heavy atom. The van der Waals surface area contributed by atoms with Gasteiger partial charge in [0.25, 0.3) is 11.5 Å². The maximum atomic E-state index is 13.4. The van der Waals surface area contributed by atoms with E-state index in [1.165, 1.54) is 15.9 Å². The molecular weight excluding hydrogens is 420 g/mol. The predicted octanol–water partition coefficient (Wildman–Crippen LogP) is 2.64. The molecule has 33 heavy (non-hydrogen) atoms. The summed E-state index contributed by atoms with van der Waals surface area (Å²) in [5, 5.41) is 0. The van der Waals surface area contributed by atoms with Crippen molar-refractivity contribution in [3.05, 3.63) is 40.2 Å². The van der Waals surface area contributed by atoms with Crippen LogP contribution in [0.1, 0.15) is 36.5 Å². The van der Waals surface area contributed by atoms with Gasteiger partial charge in [0.05, 0.1) is 12.1 Å². The Morgan fingerprint density at radius 2 is 1.88 bits per heavy atom. The number of piperidine rings is 1. The Bertz CT molecular complexity index is 1310. The molecule has 1 fully saturated rings. The summed E-state index contributed by atoms with van der Waals surface area (Å²) < 4.78 is 9.18. The molecule has 3 heterocycles. The molecule has 172 valence electrons. The largest absolute Gasteiger partial charge is 0.425 e. The minimum Gasteiger partial charge on any atom is -0.425 e. The summed E-state index contributed by atoms with van der Waals surface area (Å²) >= 11 is 0. The maximum Gasteiger partial charge on any atom is 0.306 e. The minimum absolute atomic E-state index is 0.0722. The van der Waals surface area contributed by atoms with Crippen molar-refractivity contribution in [3.63, 3.8) is 0 Å². The first-order valence-corrected chi connectivity index (χ1v) is 11.0. The highest BCUT2D eigenvalue weighted by molar-refractivity contribution is 5.96. The van der Waals surface area contributed by atoms with Crippen LogP contribution >= 0.6 is 0 Å². The number of fused-ring (bicyclic) bond motifs is 1. The molecule has 9 nitrogen and oxygen atoms in total. The van der Waals surface area contributed by atoms with Gasteiger partial charge < -0.3 is 14.5 Å². The Labute approximate surface area is 192 Å². The topological polar surface area (TPSA) is 85.5 Å². The molecule has 0 unspecified atom stereocenters. The van der Waals surface area contributed by atoms with Crippen molar-refractivity contribution >= 4 is 23.0 Å². The molecule has 3 aromatic rings. The van der Waals surface area contributed by atoms with Gasteiger partial charge in [0.2, 0.25) is 5.95 Å². The van der Waals surface area contributed by atoms with E-state index in [4.69, 9.17) is 9.72 Å². The zero-order chi connectivity index (χ0) is 23.5. The van der Waals surface area contributed by atoms with Crippen molar-refractivity contribution < 1.29 is 9.53 Å². The molecular formula is C24H28N6O3. The molecule has 0 aliphatic carbocycles. The van der Waals surface area contributed by atoms with Gasteiger partial charge in [0, 0.05) is 34.2 Å². The molecule has 0 saturated carbocycles. The van der Waals surface area contributed by atoms with Gasteiger partial charge in [-0.2, -0.15) is 9.97 Å². The third-order valence-corrected chi connectivity index (χ3v) is 5.70. The third kappa shape index (κ3) is 4.29. The minimum atomic E-state index is -0.278. The number of anilines is 1. The lowest BCUT2D eigenvalue weighted by atomic mass is 10.1. The number of aromatic nitrogens is 4. The van der Waals surface area contributed by atoms with E-state index in [9.17, 15) is 9.59 Å². The second kappa shape index (κ2) is 9.36. The average molecular weight is 449 g/mol. The first kappa shape index (κ1) is 22.4. The van der Waals surface area contributed by atoms with E-state index in [1.807, 2.05) is 4.57 Å². The van der Waals surface area contributed by atoms with Crippen LogP contribution < -0.4 is 15.2 Å². The summed E-state index contributed by atoms with van der Waals surface area (Å²) in [5.41, 5.74) is 0.809. The van der Waals surface area contributed by atoms with Crippen LogP contribution in [0.4, 0.5) is 5.95 Å². The number of imidazole rings is 1. The van der Waals surface area contributed by atoms with Gasteiger partial charge in [-0.1, -0.05) is 18.1 Å². The normalized spacial score (nSPS) is 13.5. The molecule has 0 N–H and O–H groups in total. The van der Waals surface area contributed by atoms with E-state index in [-0.39, 0.29) is 17.5 Å². The summed E-state index contributed by atoms with van der Waals surface area (Å²) in [6.45, 7) is 3.89. The van der Waals surface area contributed by atoms with Crippen LogP contribution in [-0.4, -0.2) is 57.1 Å². The lowest BCUT2D eigenvalue weighted by Crippen LogP contribution is -2.32. The van der Waals surface area contributed by atoms with E-state index >= 15 is 0 Å². The van der Waals surface area contributed by atoms with E-state index in [2.05, 4.69) is 21.7 Å². The molecule has 0 radical (unpaired) electrons. The Morgan fingerprint density at radius 1 is 1.15 bits per heavy atom. The molecule has 0 atom stereocenters. The van der Waals surface area contributed by atoms with Crippen molar-refractivity contribution in [2.75, 3.05) is 32.1 Å². The van der Waals surface area contributed by atoms with Crippen LogP contribution in [0.2, 0.25) is 0 Å². The van der Waals surface area contributed by atoms with Crippen LogP contribution in [0.5, 0.6) is 11.8 Å². The van der Waals surface area contributed by atoms with Crippen LogP contribution in [0, 0.1) is 11.8 Å². The Kier molecular flexibility index (Phi) is 6.36. The van der Waals surface area contributed by atoms with Gasteiger partial charge in [0.1, 0.15) is 5.75 Å². The van der Waals surface area contributed by atoms with E-state index in [1.54, 1.807) is 52.3 Å². The number of ether oxygens (including phenoxy) is 1. The Hall–Kier alpha value is -3.80. The summed E-state index contributed by atoms with van der Waals surface area (Å²) in [7, 11) is 4.95. The Balaban J connectivity index is 1.83. The molecule has 1 aromatic carbocycles. The highest BCUT2D eigenvalue weighted by Gasteiger charge is 2.24. The molecule has 2 aromatic heterocycles. The smallest absolute Gasteiger partial charge is 0.306 e. The number of nitrogens with zero attached hydrogens (tertiary/aromatic N) is 6. The molecule has 1 saturated heterocycles. The summed E-state index contributed by atoms with van der Waals surface area (Å²) in [6, 6.07) is 6.97. The SMILES string of the molecule is CC#CCn1c(N2CCCCC2)nc2nc(Oc3ccccc3C(=O)N(C)C)n(C)c(=O)c21. The number of amides is 1. The molecule has 1 aliphatic rings. The van der Waals surface area contributed by atoms with Crippen molar-refractivity contribution in [2.45, 2.75) is 32.7 Å². The van der Waals surface area contributed by atoms with Crippen LogP contribution in [0.25, 0.3) is 11.2 Å². The first-order valence-electron chi connectivity index (χ1n) is 11.0.